The van der Waals surface area contributed by atoms with E-state index in [2.05, 4.69) is 20.9 Å². The fourth-order valence-electron chi connectivity index (χ4n) is 4.42. The van der Waals surface area contributed by atoms with Gasteiger partial charge in [-0.15, -0.1) is 0 Å². The van der Waals surface area contributed by atoms with E-state index in [1.807, 2.05) is 79.7 Å². The molecule has 3 heterocycles. The molecule has 4 aromatic rings. The van der Waals surface area contributed by atoms with Crippen LogP contribution < -0.4 is 19.8 Å². The number of fused-ring (bicyclic) bond motifs is 1. The smallest absolute Gasteiger partial charge is 0.338 e. The van der Waals surface area contributed by atoms with Crippen molar-refractivity contribution in [2.45, 2.75) is 19.9 Å². The number of nitrogens with zero attached hydrogens (tertiary/aromatic N) is 3. The lowest BCUT2D eigenvalue weighted by Gasteiger charge is -2.25. The van der Waals surface area contributed by atoms with Crippen LogP contribution in [-0.2, 0) is 9.53 Å². The Morgan fingerprint density at radius 1 is 1.18 bits per heavy atom. The molecule has 0 radical (unpaired) electrons. The van der Waals surface area contributed by atoms with Crippen LogP contribution in [0.5, 0.6) is 0 Å². The molecule has 0 aliphatic carbocycles. The normalized spacial score (nSPS) is 15.3. The van der Waals surface area contributed by atoms with E-state index in [0.717, 1.165) is 21.3 Å². The maximum atomic E-state index is 13.8. The van der Waals surface area contributed by atoms with Crippen LogP contribution in [-0.4, -0.2) is 31.2 Å². The second-order valence-corrected chi connectivity index (χ2v) is 10.9. The van der Waals surface area contributed by atoms with Gasteiger partial charge < -0.3 is 14.1 Å². The van der Waals surface area contributed by atoms with Gasteiger partial charge in [0.15, 0.2) is 4.80 Å². The number of benzene rings is 2. The number of carbonyl (C=O) groups is 1. The molecule has 7 nitrogen and oxygen atoms in total. The predicted molar refractivity (Wildman–Crippen MR) is 153 cm³/mol. The number of allylic oxidation sites excluding steroid dienone is 1. The second-order valence-electron chi connectivity index (χ2n) is 9.00. The molecule has 38 heavy (non-hydrogen) atoms. The van der Waals surface area contributed by atoms with Gasteiger partial charge in [-0.1, -0.05) is 51.5 Å². The van der Waals surface area contributed by atoms with E-state index in [1.54, 1.807) is 24.5 Å². The van der Waals surface area contributed by atoms with E-state index in [9.17, 15) is 9.59 Å². The Bertz CT molecular complexity index is 1730. The lowest BCUT2D eigenvalue weighted by Crippen LogP contribution is -2.39. The average Bonchev–Trinajstić information content (AvgIpc) is 3.48. The highest BCUT2D eigenvalue weighted by atomic mass is 79.9. The molecule has 9 heteroatoms. The Kier molecular flexibility index (Phi) is 7.23. The first-order valence-electron chi connectivity index (χ1n) is 12.1. The van der Waals surface area contributed by atoms with Crippen molar-refractivity contribution >= 4 is 45.0 Å². The minimum Gasteiger partial charge on any atom is -0.463 e. The maximum Gasteiger partial charge on any atom is 0.338 e. The minimum absolute atomic E-state index is 0.227. The third-order valence-corrected chi connectivity index (χ3v) is 7.73. The summed E-state index contributed by atoms with van der Waals surface area (Å²) < 4.78 is 14.4. The number of halogens is 1. The van der Waals surface area contributed by atoms with Crippen LogP contribution in [0.3, 0.4) is 0 Å². The van der Waals surface area contributed by atoms with Gasteiger partial charge in [0.1, 0.15) is 11.5 Å². The SMILES string of the molecule is CCOC(=O)C1=C(C)N=c2s/c(=C\c3ccc(-c4cccc(Br)c4)o3)c(=O)n2[C@H]1c1ccc(N(C)C)cc1. The van der Waals surface area contributed by atoms with E-state index in [-0.39, 0.29) is 12.2 Å². The van der Waals surface area contributed by atoms with Crippen LogP contribution in [0.1, 0.15) is 31.2 Å². The number of esters is 1. The Hall–Kier alpha value is -3.69. The summed E-state index contributed by atoms with van der Waals surface area (Å²) in [6, 6.07) is 18.7. The number of rotatable bonds is 6. The van der Waals surface area contributed by atoms with Crippen LogP contribution >= 0.6 is 27.3 Å². The molecule has 5 rings (SSSR count). The van der Waals surface area contributed by atoms with E-state index in [1.165, 1.54) is 11.3 Å². The zero-order valence-corrected chi connectivity index (χ0v) is 23.8. The van der Waals surface area contributed by atoms with Crippen molar-refractivity contribution in [2.24, 2.45) is 4.99 Å². The first-order chi connectivity index (χ1) is 18.3. The summed E-state index contributed by atoms with van der Waals surface area (Å²) in [5.41, 5.74) is 3.39. The van der Waals surface area contributed by atoms with Crippen molar-refractivity contribution in [2.75, 3.05) is 25.6 Å². The van der Waals surface area contributed by atoms with Gasteiger partial charge in [0.2, 0.25) is 0 Å². The summed E-state index contributed by atoms with van der Waals surface area (Å²) >= 11 is 4.75. The lowest BCUT2D eigenvalue weighted by atomic mass is 9.95. The summed E-state index contributed by atoms with van der Waals surface area (Å²) in [7, 11) is 3.92. The molecule has 1 aliphatic heterocycles. The van der Waals surface area contributed by atoms with Gasteiger partial charge in [0, 0.05) is 35.9 Å². The molecule has 0 saturated heterocycles. The summed E-state index contributed by atoms with van der Waals surface area (Å²) in [5.74, 6) is 0.775. The summed E-state index contributed by atoms with van der Waals surface area (Å²) in [5, 5.41) is 0. The van der Waals surface area contributed by atoms with Gasteiger partial charge in [0.05, 0.1) is 28.5 Å². The highest BCUT2D eigenvalue weighted by Gasteiger charge is 2.33. The number of thiazole rings is 1. The van der Waals surface area contributed by atoms with Gasteiger partial charge >= 0.3 is 5.97 Å². The summed E-state index contributed by atoms with van der Waals surface area (Å²) in [6.07, 6.45) is 1.72. The van der Waals surface area contributed by atoms with Crippen LogP contribution in [0.2, 0.25) is 0 Å². The third kappa shape index (κ3) is 4.91. The molecule has 0 N–H and O–H groups in total. The fraction of sp³-hybridized carbons (Fsp3) is 0.207. The minimum atomic E-state index is -0.655. The van der Waals surface area contributed by atoms with Crippen LogP contribution in [0, 0.1) is 0 Å². The number of anilines is 1. The molecule has 1 atom stereocenters. The lowest BCUT2D eigenvalue weighted by molar-refractivity contribution is -0.139. The Morgan fingerprint density at radius 3 is 2.63 bits per heavy atom. The number of ether oxygens (including phenoxy) is 1. The van der Waals surface area contributed by atoms with Crippen molar-refractivity contribution in [1.82, 2.24) is 4.57 Å². The predicted octanol–water partition coefficient (Wildman–Crippen LogP) is 4.89. The molecule has 2 aromatic heterocycles. The molecule has 0 spiro atoms. The highest BCUT2D eigenvalue weighted by Crippen LogP contribution is 2.32. The van der Waals surface area contributed by atoms with Crippen molar-refractivity contribution in [3.63, 3.8) is 0 Å². The zero-order chi connectivity index (χ0) is 27.0. The average molecular weight is 593 g/mol. The molecule has 0 unspecified atom stereocenters. The van der Waals surface area contributed by atoms with E-state index in [4.69, 9.17) is 9.15 Å². The monoisotopic (exact) mass is 591 g/mol. The number of hydrogen-bond donors (Lipinski definition) is 0. The zero-order valence-electron chi connectivity index (χ0n) is 21.4. The van der Waals surface area contributed by atoms with Gasteiger partial charge in [-0.05, 0) is 55.8 Å². The molecule has 0 saturated carbocycles. The number of carbonyl (C=O) groups excluding carboxylic acids is 1. The molecule has 1 aliphatic rings. The van der Waals surface area contributed by atoms with Crippen molar-refractivity contribution < 1.29 is 13.9 Å². The topological polar surface area (TPSA) is 77.0 Å². The van der Waals surface area contributed by atoms with E-state index >= 15 is 0 Å². The molecule has 194 valence electrons. The van der Waals surface area contributed by atoms with Gasteiger partial charge in [-0.3, -0.25) is 9.36 Å². The first-order valence-corrected chi connectivity index (χ1v) is 13.7. The summed E-state index contributed by atoms with van der Waals surface area (Å²) in [4.78, 5) is 34.0. The molecular formula is C29H26BrN3O4S. The molecule has 0 amide bonds. The van der Waals surface area contributed by atoms with Crippen LogP contribution in [0.4, 0.5) is 5.69 Å². The molecule has 0 fully saturated rings. The van der Waals surface area contributed by atoms with Crippen molar-refractivity contribution in [3.8, 4) is 11.3 Å². The van der Waals surface area contributed by atoms with Crippen LogP contribution in [0.15, 0.2) is 90.6 Å². The maximum absolute atomic E-state index is 13.8. The van der Waals surface area contributed by atoms with Gasteiger partial charge in [-0.2, -0.15) is 0 Å². The molecule has 2 aromatic carbocycles. The Labute approximate surface area is 232 Å². The standard InChI is InChI=1S/C29H26BrN3O4S/c1-5-36-28(35)25-17(2)31-29-33(26(25)18-9-11-21(12-10-18)32(3)4)27(34)24(38-29)16-22-13-14-23(37-22)19-7-6-8-20(30)15-19/h6-16,26H,5H2,1-4H3/b24-16-/t26-/m0/s1. The molecular weight excluding hydrogens is 566 g/mol. The number of furan rings is 1. The van der Waals surface area contributed by atoms with Gasteiger partial charge in [0.25, 0.3) is 5.56 Å². The fourth-order valence-corrected chi connectivity index (χ4v) is 5.84. The Balaban J connectivity index is 1.63. The summed E-state index contributed by atoms with van der Waals surface area (Å²) in [6.45, 7) is 3.77. The van der Waals surface area contributed by atoms with Crippen LogP contribution in [0.25, 0.3) is 17.4 Å². The van der Waals surface area contributed by atoms with E-state index in [0.29, 0.717) is 32.1 Å². The second kappa shape index (κ2) is 10.6. The van der Waals surface area contributed by atoms with Crippen molar-refractivity contribution in [1.29, 1.82) is 0 Å². The number of aromatic nitrogens is 1. The number of hydrogen-bond acceptors (Lipinski definition) is 7. The highest BCUT2D eigenvalue weighted by molar-refractivity contribution is 9.10. The van der Waals surface area contributed by atoms with Gasteiger partial charge in [-0.25, -0.2) is 9.79 Å². The van der Waals surface area contributed by atoms with E-state index < -0.39 is 12.0 Å². The van der Waals surface area contributed by atoms with Crippen molar-refractivity contribution in [3.05, 3.63) is 107 Å². The largest absolute Gasteiger partial charge is 0.463 e. The quantitative estimate of drug-likeness (QED) is 0.298. The third-order valence-electron chi connectivity index (χ3n) is 6.25. The molecule has 0 bridgehead atoms. The first kappa shape index (κ1) is 25.9. The Morgan fingerprint density at radius 2 is 1.95 bits per heavy atom.